The summed E-state index contributed by atoms with van der Waals surface area (Å²) in [4.78, 5) is 36.6. The van der Waals surface area contributed by atoms with E-state index in [-0.39, 0.29) is 11.6 Å². The van der Waals surface area contributed by atoms with Crippen LogP contribution in [0.5, 0.6) is 0 Å². The summed E-state index contributed by atoms with van der Waals surface area (Å²) >= 11 is 7.56. The minimum absolute atomic E-state index is 0.0593. The Morgan fingerprint density at radius 3 is 2.35 bits per heavy atom. The number of hydrogen-bond acceptors (Lipinski definition) is 7. The van der Waals surface area contributed by atoms with Crippen molar-refractivity contribution in [2.75, 3.05) is 24.8 Å². The number of ketones is 1. The Bertz CT molecular complexity index is 1120. The van der Waals surface area contributed by atoms with Gasteiger partial charge in [0.2, 0.25) is 11.6 Å². The predicted octanol–water partition coefficient (Wildman–Crippen LogP) is 6.59. The van der Waals surface area contributed by atoms with Gasteiger partial charge >= 0.3 is 5.97 Å². The molecule has 8 heteroatoms. The molecule has 1 heterocycles. The Hall–Kier alpha value is -2.90. The number of benzene rings is 2. The Balaban J connectivity index is 1.76. The van der Waals surface area contributed by atoms with Crippen molar-refractivity contribution in [1.29, 1.82) is 0 Å². The van der Waals surface area contributed by atoms with Gasteiger partial charge in [-0.1, -0.05) is 37.8 Å². The van der Waals surface area contributed by atoms with Gasteiger partial charge in [0.1, 0.15) is 0 Å². The molecule has 0 aliphatic heterocycles. The number of hydrogen-bond donors (Lipinski definition) is 0. The van der Waals surface area contributed by atoms with Gasteiger partial charge in [-0.15, -0.1) is 11.8 Å². The van der Waals surface area contributed by atoms with Gasteiger partial charge in [0.25, 0.3) is 0 Å². The summed E-state index contributed by atoms with van der Waals surface area (Å²) in [6, 6.07) is 12.5. The molecule has 0 atom stereocenters. The number of thioether (sulfide) groups is 1. The van der Waals surface area contributed by atoms with E-state index in [0.717, 1.165) is 34.9 Å². The molecule has 1 aromatic heterocycles. The molecule has 3 rings (SSSR count). The highest BCUT2D eigenvalue weighted by molar-refractivity contribution is 7.99. The molecule has 0 saturated heterocycles. The Morgan fingerprint density at radius 1 is 1.00 bits per heavy atom. The van der Waals surface area contributed by atoms with E-state index in [1.54, 1.807) is 54.5 Å². The highest BCUT2D eigenvalue weighted by atomic mass is 35.5. The van der Waals surface area contributed by atoms with E-state index in [1.807, 2.05) is 24.1 Å². The monoisotopic (exact) mass is 497 g/mol. The minimum atomic E-state index is -0.466. The van der Waals surface area contributed by atoms with E-state index in [1.165, 1.54) is 20.0 Å². The number of anilines is 2. The molecule has 0 fully saturated rings. The van der Waals surface area contributed by atoms with Crippen molar-refractivity contribution < 1.29 is 14.3 Å². The first kappa shape index (κ1) is 25.7. The predicted molar refractivity (Wildman–Crippen MR) is 138 cm³/mol. The molecule has 3 aromatic rings. The topological polar surface area (TPSA) is 72.4 Å². The van der Waals surface area contributed by atoms with Crippen molar-refractivity contribution in [1.82, 2.24) is 9.97 Å². The van der Waals surface area contributed by atoms with Crippen molar-refractivity contribution in [3.05, 3.63) is 76.8 Å². The third-order valence-electron chi connectivity index (χ3n) is 5.35. The zero-order valence-electron chi connectivity index (χ0n) is 19.6. The summed E-state index contributed by atoms with van der Waals surface area (Å²) in [6.07, 6.45) is 7.80. The van der Waals surface area contributed by atoms with Crippen LogP contribution in [0.25, 0.3) is 0 Å². The van der Waals surface area contributed by atoms with Crippen molar-refractivity contribution in [2.45, 2.75) is 37.5 Å². The standard InChI is InChI=1S/C26H28ClN3O3S/c1-4-5-6-7-14-34-23-13-8-18(15-22(23)26(32)33-3)24(31)25-28-16-21(17-29-25)30(2)20-11-9-19(27)10-12-20/h8-13,15-17H,4-7,14H2,1-3H3. The first-order valence-corrected chi connectivity index (χ1v) is 12.5. The number of ether oxygens (including phenoxy) is 1. The van der Waals surface area contributed by atoms with E-state index in [4.69, 9.17) is 16.3 Å². The number of aromatic nitrogens is 2. The SMILES string of the molecule is CCCCCCSc1ccc(C(=O)c2ncc(N(C)c3ccc(Cl)cc3)cn2)cc1C(=O)OC. The molecule has 0 aliphatic rings. The maximum Gasteiger partial charge on any atom is 0.339 e. The summed E-state index contributed by atoms with van der Waals surface area (Å²) in [7, 11) is 3.22. The molecule has 0 N–H and O–H groups in total. The second kappa shape index (κ2) is 12.5. The highest BCUT2D eigenvalue weighted by Gasteiger charge is 2.19. The number of nitrogens with zero attached hydrogens (tertiary/aromatic N) is 3. The average Bonchev–Trinajstić information content (AvgIpc) is 2.88. The van der Waals surface area contributed by atoms with Crippen molar-refractivity contribution in [3.63, 3.8) is 0 Å². The van der Waals surface area contributed by atoms with Gasteiger partial charge in [-0.3, -0.25) is 4.79 Å². The summed E-state index contributed by atoms with van der Waals surface area (Å²) in [5.41, 5.74) is 2.36. The van der Waals surface area contributed by atoms with E-state index in [2.05, 4.69) is 16.9 Å². The fraction of sp³-hybridized carbons (Fsp3) is 0.308. The van der Waals surface area contributed by atoms with Crippen LogP contribution in [-0.2, 0) is 4.74 Å². The quantitative estimate of drug-likeness (QED) is 0.128. The first-order chi connectivity index (χ1) is 16.4. The lowest BCUT2D eigenvalue weighted by Crippen LogP contribution is -2.13. The van der Waals surface area contributed by atoms with Gasteiger partial charge < -0.3 is 9.64 Å². The summed E-state index contributed by atoms with van der Waals surface area (Å²) < 4.78 is 4.95. The summed E-state index contributed by atoms with van der Waals surface area (Å²) in [5, 5.41) is 0.654. The van der Waals surface area contributed by atoms with Crippen LogP contribution in [0.2, 0.25) is 5.02 Å². The van der Waals surface area contributed by atoms with Gasteiger partial charge in [-0.25, -0.2) is 14.8 Å². The Kier molecular flexibility index (Phi) is 9.48. The van der Waals surface area contributed by atoms with Crippen LogP contribution in [-0.4, -0.2) is 41.6 Å². The maximum absolute atomic E-state index is 13.0. The number of halogens is 1. The van der Waals surface area contributed by atoms with Crippen molar-refractivity contribution in [3.8, 4) is 0 Å². The van der Waals surface area contributed by atoms with Crippen LogP contribution in [0.1, 0.15) is 59.1 Å². The van der Waals surface area contributed by atoms with Crippen LogP contribution in [0.3, 0.4) is 0 Å². The van der Waals surface area contributed by atoms with Crippen LogP contribution in [0.4, 0.5) is 11.4 Å². The van der Waals surface area contributed by atoms with Crippen LogP contribution >= 0.6 is 23.4 Å². The summed E-state index contributed by atoms with van der Waals surface area (Å²) in [6.45, 7) is 2.17. The fourth-order valence-corrected chi connectivity index (χ4v) is 4.49. The number of carbonyl (C=O) groups excluding carboxylic acids is 2. The molecule has 0 unspecified atom stereocenters. The number of carbonyl (C=O) groups is 2. The van der Waals surface area contributed by atoms with Crippen LogP contribution in [0, 0.1) is 0 Å². The molecule has 34 heavy (non-hydrogen) atoms. The van der Waals surface area contributed by atoms with E-state index in [9.17, 15) is 9.59 Å². The number of unbranched alkanes of at least 4 members (excludes halogenated alkanes) is 3. The Labute approximate surface area is 209 Å². The van der Waals surface area contributed by atoms with Gasteiger partial charge in [0.05, 0.1) is 30.8 Å². The van der Waals surface area contributed by atoms with Gasteiger partial charge in [-0.2, -0.15) is 0 Å². The average molecular weight is 498 g/mol. The highest BCUT2D eigenvalue weighted by Crippen LogP contribution is 2.27. The molecule has 178 valence electrons. The molecule has 0 saturated carbocycles. The third kappa shape index (κ3) is 6.58. The number of methoxy groups -OCH3 is 1. The van der Waals surface area contributed by atoms with E-state index >= 15 is 0 Å². The zero-order chi connectivity index (χ0) is 24.5. The minimum Gasteiger partial charge on any atom is -0.465 e. The van der Waals surface area contributed by atoms with E-state index < -0.39 is 5.97 Å². The van der Waals surface area contributed by atoms with Crippen LogP contribution in [0.15, 0.2) is 59.8 Å². The van der Waals surface area contributed by atoms with Gasteiger partial charge in [-0.05, 0) is 54.6 Å². The third-order valence-corrected chi connectivity index (χ3v) is 6.76. The smallest absolute Gasteiger partial charge is 0.339 e. The molecule has 0 bridgehead atoms. The number of esters is 1. The lowest BCUT2D eigenvalue weighted by molar-refractivity contribution is 0.0596. The van der Waals surface area contributed by atoms with Crippen molar-refractivity contribution in [2.24, 2.45) is 0 Å². The molecular weight excluding hydrogens is 470 g/mol. The second-order valence-corrected chi connectivity index (χ2v) is 9.31. The fourth-order valence-electron chi connectivity index (χ4n) is 3.33. The molecule has 0 radical (unpaired) electrons. The lowest BCUT2D eigenvalue weighted by Gasteiger charge is -2.18. The maximum atomic E-state index is 13.0. The largest absolute Gasteiger partial charge is 0.465 e. The molecule has 0 amide bonds. The second-order valence-electron chi connectivity index (χ2n) is 7.74. The number of rotatable bonds is 11. The van der Waals surface area contributed by atoms with Crippen molar-refractivity contribution >= 4 is 46.5 Å². The Morgan fingerprint density at radius 2 is 1.71 bits per heavy atom. The molecule has 0 aliphatic carbocycles. The lowest BCUT2D eigenvalue weighted by atomic mass is 10.1. The summed E-state index contributed by atoms with van der Waals surface area (Å²) in [5.74, 6) is 0.143. The first-order valence-electron chi connectivity index (χ1n) is 11.2. The molecule has 2 aromatic carbocycles. The molecule has 0 spiro atoms. The van der Waals surface area contributed by atoms with Gasteiger partial charge in [0, 0.05) is 28.2 Å². The molecular formula is C26H28ClN3O3S. The zero-order valence-corrected chi connectivity index (χ0v) is 21.2. The van der Waals surface area contributed by atoms with E-state index in [0.29, 0.717) is 16.1 Å². The van der Waals surface area contributed by atoms with Gasteiger partial charge in [0.15, 0.2) is 0 Å². The van der Waals surface area contributed by atoms with Crippen LogP contribution < -0.4 is 4.90 Å². The molecule has 6 nitrogen and oxygen atoms in total. The normalized spacial score (nSPS) is 10.7.